The van der Waals surface area contributed by atoms with Gasteiger partial charge >= 0.3 is 0 Å². The monoisotopic (exact) mass is 138 g/mol. The van der Waals surface area contributed by atoms with Gasteiger partial charge < -0.3 is 4.85 Å². The fraction of sp³-hybridized carbons (Fsp3) is 0.778. The van der Waals surface area contributed by atoms with Crippen molar-refractivity contribution in [1.29, 1.82) is 0 Å². The summed E-state index contributed by atoms with van der Waals surface area (Å²) >= 11 is 0. The molecule has 0 atom stereocenters. The molecule has 1 radical (unpaired) electrons. The average Bonchev–Trinajstić information content (AvgIpc) is 1.97. The largest absolute Gasteiger partial charge is 0.305 e. The first-order valence-corrected chi connectivity index (χ1v) is 4.10. The summed E-state index contributed by atoms with van der Waals surface area (Å²) in [7, 11) is 0. The van der Waals surface area contributed by atoms with Crippen LogP contribution in [0.1, 0.15) is 45.4 Å². The zero-order valence-electron chi connectivity index (χ0n) is 6.77. The Labute approximate surface area is 64.3 Å². The van der Waals surface area contributed by atoms with Gasteiger partial charge in [-0.05, 0) is 6.42 Å². The van der Waals surface area contributed by atoms with Crippen LogP contribution < -0.4 is 0 Å². The molecule has 0 N–H and O–H groups in total. The van der Waals surface area contributed by atoms with Crippen molar-refractivity contribution in [2.45, 2.75) is 45.4 Å². The highest BCUT2D eigenvalue weighted by molar-refractivity contribution is 4.74. The van der Waals surface area contributed by atoms with Crippen LogP contribution in [-0.4, -0.2) is 0 Å². The molecule has 57 valence electrons. The fourth-order valence-corrected chi connectivity index (χ4v) is 0.904. The minimum Gasteiger partial charge on any atom is -0.305 e. The van der Waals surface area contributed by atoms with E-state index in [1.165, 1.54) is 32.1 Å². The lowest BCUT2D eigenvalue weighted by Gasteiger charge is -1.93. The van der Waals surface area contributed by atoms with Gasteiger partial charge in [0, 0.05) is 6.42 Å². The Kier molecular flexibility index (Phi) is 8.06. The third-order valence-electron chi connectivity index (χ3n) is 1.53. The van der Waals surface area contributed by atoms with Crippen molar-refractivity contribution in [1.82, 2.24) is 0 Å². The third kappa shape index (κ3) is 7.49. The SMILES string of the molecule is [C-]#[N+][CH]CCCCCCC. The maximum atomic E-state index is 6.49. The quantitative estimate of drug-likeness (QED) is 0.391. The molecule has 0 amide bonds. The Hall–Kier alpha value is -0.510. The van der Waals surface area contributed by atoms with Crippen LogP contribution >= 0.6 is 0 Å². The van der Waals surface area contributed by atoms with Crippen molar-refractivity contribution in [2.24, 2.45) is 0 Å². The zero-order chi connectivity index (χ0) is 7.66. The molecule has 0 aliphatic heterocycles. The summed E-state index contributed by atoms with van der Waals surface area (Å²) in [4.78, 5) is 3.18. The molecule has 0 saturated carbocycles. The van der Waals surface area contributed by atoms with Crippen molar-refractivity contribution < 1.29 is 0 Å². The van der Waals surface area contributed by atoms with E-state index in [9.17, 15) is 0 Å². The van der Waals surface area contributed by atoms with E-state index >= 15 is 0 Å². The molecule has 0 aliphatic carbocycles. The molecule has 0 heterocycles. The lowest BCUT2D eigenvalue weighted by molar-refractivity contribution is 0.632. The Morgan fingerprint density at radius 2 is 1.90 bits per heavy atom. The van der Waals surface area contributed by atoms with Crippen molar-refractivity contribution >= 4 is 0 Å². The van der Waals surface area contributed by atoms with Crippen molar-refractivity contribution in [3.63, 3.8) is 0 Å². The number of unbranched alkanes of at least 4 members (excludes halogenated alkanes) is 5. The van der Waals surface area contributed by atoms with Gasteiger partial charge in [-0.2, -0.15) is 0 Å². The van der Waals surface area contributed by atoms with Gasteiger partial charge in [0.2, 0.25) is 0 Å². The molecule has 0 fully saturated rings. The van der Waals surface area contributed by atoms with Gasteiger partial charge in [-0.25, -0.2) is 6.57 Å². The van der Waals surface area contributed by atoms with Gasteiger partial charge in [0.25, 0.3) is 6.54 Å². The maximum Gasteiger partial charge on any atom is 0.296 e. The van der Waals surface area contributed by atoms with E-state index in [-0.39, 0.29) is 0 Å². The summed E-state index contributed by atoms with van der Waals surface area (Å²) in [5.41, 5.74) is 0. The molecule has 0 aromatic carbocycles. The third-order valence-corrected chi connectivity index (χ3v) is 1.53. The van der Waals surface area contributed by atoms with Gasteiger partial charge in [-0.1, -0.05) is 32.6 Å². The summed E-state index contributed by atoms with van der Waals surface area (Å²) in [5.74, 6) is 0. The smallest absolute Gasteiger partial charge is 0.296 e. The van der Waals surface area contributed by atoms with Crippen molar-refractivity contribution in [3.8, 4) is 0 Å². The van der Waals surface area contributed by atoms with Gasteiger partial charge in [0.15, 0.2) is 0 Å². The van der Waals surface area contributed by atoms with Crippen molar-refractivity contribution in [2.75, 3.05) is 0 Å². The van der Waals surface area contributed by atoms with Crippen molar-refractivity contribution in [3.05, 3.63) is 18.0 Å². The van der Waals surface area contributed by atoms with E-state index in [2.05, 4.69) is 11.8 Å². The second kappa shape index (κ2) is 8.49. The summed E-state index contributed by atoms with van der Waals surface area (Å²) in [5, 5.41) is 0. The Morgan fingerprint density at radius 1 is 1.20 bits per heavy atom. The van der Waals surface area contributed by atoms with E-state index in [0.29, 0.717) is 0 Å². The number of hydrogen-bond acceptors (Lipinski definition) is 0. The highest BCUT2D eigenvalue weighted by atomic mass is 14.6. The molecule has 1 nitrogen and oxygen atoms in total. The second-order valence-corrected chi connectivity index (χ2v) is 2.51. The first kappa shape index (κ1) is 9.49. The first-order valence-electron chi connectivity index (χ1n) is 4.10. The molecule has 0 aromatic rings. The van der Waals surface area contributed by atoms with Crippen LogP contribution in [0.25, 0.3) is 4.85 Å². The Bertz CT molecular complexity index is 91.4. The van der Waals surface area contributed by atoms with Gasteiger partial charge in [-0.3, -0.25) is 0 Å². The standard InChI is InChI=1S/C9H16N/c1-3-4-5-6-7-8-9-10-2/h9H,3-8H2,1H3. The molecule has 1 heteroatoms. The lowest BCUT2D eigenvalue weighted by atomic mass is 10.1. The minimum absolute atomic E-state index is 0.979. The predicted octanol–water partition coefficient (Wildman–Crippen LogP) is 3.43. The molecule has 0 unspecified atom stereocenters. The Balaban J connectivity index is 2.72. The summed E-state index contributed by atoms with van der Waals surface area (Å²) in [6.07, 6.45) is 7.45. The van der Waals surface area contributed by atoms with Crippen LogP contribution in [0.2, 0.25) is 0 Å². The van der Waals surface area contributed by atoms with Gasteiger partial charge in [-0.15, -0.1) is 0 Å². The normalized spacial score (nSPS) is 9.20. The summed E-state index contributed by atoms with van der Waals surface area (Å²) < 4.78 is 0. The Morgan fingerprint density at radius 3 is 2.50 bits per heavy atom. The zero-order valence-corrected chi connectivity index (χ0v) is 6.77. The number of rotatable bonds is 6. The molecule has 10 heavy (non-hydrogen) atoms. The molecule has 0 spiro atoms. The van der Waals surface area contributed by atoms with Crippen LogP contribution in [0.4, 0.5) is 0 Å². The first-order chi connectivity index (χ1) is 4.91. The van der Waals surface area contributed by atoms with Gasteiger partial charge in [0.1, 0.15) is 0 Å². The highest BCUT2D eigenvalue weighted by Crippen LogP contribution is 2.05. The van der Waals surface area contributed by atoms with E-state index in [1.807, 2.05) is 0 Å². The highest BCUT2D eigenvalue weighted by Gasteiger charge is 1.90. The fourth-order valence-electron chi connectivity index (χ4n) is 0.904. The predicted molar refractivity (Wildman–Crippen MR) is 44.3 cm³/mol. The molecular weight excluding hydrogens is 122 g/mol. The molecule has 0 bridgehead atoms. The van der Waals surface area contributed by atoms with E-state index < -0.39 is 0 Å². The number of nitrogens with zero attached hydrogens (tertiary/aromatic N) is 1. The molecule has 0 rings (SSSR count). The summed E-state index contributed by atoms with van der Waals surface area (Å²) in [6.45, 7) is 10.4. The van der Waals surface area contributed by atoms with E-state index in [1.54, 1.807) is 6.54 Å². The average molecular weight is 138 g/mol. The van der Waals surface area contributed by atoms with Gasteiger partial charge in [0.05, 0.1) is 0 Å². The van der Waals surface area contributed by atoms with Crippen LogP contribution in [0.3, 0.4) is 0 Å². The lowest BCUT2D eigenvalue weighted by Crippen LogP contribution is -1.76. The molecule has 0 aromatic heterocycles. The topological polar surface area (TPSA) is 4.36 Å². The molecular formula is C9H16N. The summed E-state index contributed by atoms with van der Waals surface area (Å²) in [6, 6.07) is 0. The van der Waals surface area contributed by atoms with E-state index in [4.69, 9.17) is 6.57 Å². The second-order valence-electron chi connectivity index (χ2n) is 2.51. The molecule has 0 saturated heterocycles. The maximum absolute atomic E-state index is 6.49. The molecule has 0 aliphatic rings. The van der Waals surface area contributed by atoms with Crippen LogP contribution in [0.15, 0.2) is 0 Å². The minimum atomic E-state index is 0.979. The van der Waals surface area contributed by atoms with Crippen LogP contribution in [-0.2, 0) is 0 Å². The number of hydrogen-bond donors (Lipinski definition) is 0. The van der Waals surface area contributed by atoms with Crippen LogP contribution in [0, 0.1) is 13.1 Å². The van der Waals surface area contributed by atoms with E-state index in [0.717, 1.165) is 6.42 Å². The van der Waals surface area contributed by atoms with Crippen LogP contribution in [0.5, 0.6) is 0 Å².